The van der Waals surface area contributed by atoms with Gasteiger partial charge >= 0.3 is 0 Å². The number of fused-ring (bicyclic) bond motifs is 1. The Labute approximate surface area is 203 Å². The molecule has 32 heavy (non-hydrogen) atoms. The summed E-state index contributed by atoms with van der Waals surface area (Å²) in [4.78, 5) is 13.3. The number of hydrogen-bond acceptors (Lipinski definition) is 4. The third-order valence-corrected chi connectivity index (χ3v) is 5.38. The number of benzene rings is 3. The summed E-state index contributed by atoms with van der Waals surface area (Å²) in [5, 5.41) is 0. The Morgan fingerprint density at radius 3 is 2.31 bits per heavy atom. The maximum absolute atomic E-state index is 4.62. The maximum Gasteiger partial charge on any atom is 0.145 e. The number of aromatic nitrogens is 2. The fourth-order valence-electron chi connectivity index (χ4n) is 4.02. The van der Waals surface area contributed by atoms with E-state index in [-0.39, 0.29) is 20.1 Å². The van der Waals surface area contributed by atoms with E-state index >= 15 is 0 Å². The van der Waals surface area contributed by atoms with Crippen molar-refractivity contribution in [3.8, 4) is 11.1 Å². The molecule has 0 bridgehead atoms. The first kappa shape index (κ1) is 22.2. The third kappa shape index (κ3) is 4.32. The van der Waals surface area contributed by atoms with Crippen LogP contribution in [0.2, 0.25) is 0 Å². The van der Waals surface area contributed by atoms with Gasteiger partial charge in [0.2, 0.25) is 0 Å². The van der Waals surface area contributed by atoms with Crippen LogP contribution in [0.5, 0.6) is 0 Å². The van der Waals surface area contributed by atoms with E-state index in [4.69, 9.17) is 0 Å². The van der Waals surface area contributed by atoms with Gasteiger partial charge in [-0.15, -0.1) is 24.0 Å². The van der Waals surface area contributed by atoms with Crippen molar-refractivity contribution in [3.63, 3.8) is 0 Å². The van der Waals surface area contributed by atoms with Crippen molar-refractivity contribution in [2.75, 3.05) is 9.80 Å². The van der Waals surface area contributed by atoms with E-state index in [1.165, 1.54) is 16.7 Å². The molecule has 1 radical (unpaired) electrons. The quantitative estimate of drug-likeness (QED) is 0.245. The van der Waals surface area contributed by atoms with Crippen LogP contribution < -0.4 is 9.80 Å². The molecular weight excluding hydrogens is 573 g/mol. The molecule has 0 unspecified atom stereocenters. The Balaban J connectivity index is 0.00000245. The molecule has 0 N–H and O–H groups in total. The van der Waals surface area contributed by atoms with Gasteiger partial charge in [-0.1, -0.05) is 56.3 Å². The van der Waals surface area contributed by atoms with Crippen molar-refractivity contribution in [2.45, 2.75) is 20.3 Å². The second-order valence-electron chi connectivity index (χ2n) is 8.11. The van der Waals surface area contributed by atoms with Crippen molar-refractivity contribution >= 4 is 23.0 Å². The zero-order chi connectivity index (χ0) is 21.2. The molecule has 4 aromatic rings. The molecule has 0 fully saturated rings. The summed E-state index contributed by atoms with van der Waals surface area (Å²) in [5.41, 5.74) is 5.81. The molecule has 0 aliphatic carbocycles. The van der Waals surface area contributed by atoms with Gasteiger partial charge in [0.15, 0.2) is 0 Å². The molecule has 5 heteroatoms. The topological polar surface area (TPSA) is 32.3 Å². The SMILES string of the molecule is CC(C)Cc1ccccc1-c1cc[c-]c(N2[CH-]N(c3ccccc3)c3nccnc32)c1.[Ir]. The summed E-state index contributed by atoms with van der Waals surface area (Å²) < 4.78 is 0. The van der Waals surface area contributed by atoms with E-state index in [1.54, 1.807) is 12.4 Å². The molecule has 0 amide bonds. The maximum atomic E-state index is 4.62. The zero-order valence-corrected chi connectivity index (χ0v) is 20.5. The van der Waals surface area contributed by atoms with E-state index in [9.17, 15) is 0 Å². The van der Waals surface area contributed by atoms with Gasteiger partial charge in [0, 0.05) is 38.2 Å². The van der Waals surface area contributed by atoms with Crippen LogP contribution in [-0.4, -0.2) is 9.97 Å². The van der Waals surface area contributed by atoms with Crippen LogP contribution in [0.3, 0.4) is 0 Å². The van der Waals surface area contributed by atoms with Gasteiger partial charge in [0.05, 0.1) is 0 Å². The minimum Gasteiger partial charge on any atom is -0.477 e. The molecule has 1 aromatic heterocycles. The molecule has 0 saturated carbocycles. The molecule has 3 aromatic carbocycles. The van der Waals surface area contributed by atoms with Gasteiger partial charge in [-0.3, -0.25) is 0 Å². The van der Waals surface area contributed by atoms with E-state index in [1.807, 2.05) is 30.9 Å². The summed E-state index contributed by atoms with van der Waals surface area (Å²) in [5.74, 6) is 2.22. The van der Waals surface area contributed by atoms with E-state index in [0.29, 0.717) is 5.92 Å². The minimum absolute atomic E-state index is 0. The Bertz CT molecular complexity index is 1190. The summed E-state index contributed by atoms with van der Waals surface area (Å²) in [6.45, 7) is 6.55. The smallest absolute Gasteiger partial charge is 0.145 e. The fourth-order valence-corrected chi connectivity index (χ4v) is 4.02. The predicted octanol–water partition coefficient (Wildman–Crippen LogP) is 6.55. The molecule has 5 rings (SSSR count). The minimum atomic E-state index is 0. The molecular formula is C27H24IrN4-2. The van der Waals surface area contributed by atoms with Crippen LogP contribution in [0.25, 0.3) is 11.1 Å². The van der Waals surface area contributed by atoms with Gasteiger partial charge in [-0.05, 0) is 35.6 Å². The number of hydrogen-bond donors (Lipinski definition) is 0. The van der Waals surface area contributed by atoms with Crippen molar-refractivity contribution in [1.82, 2.24) is 9.97 Å². The number of para-hydroxylation sites is 1. The first-order chi connectivity index (χ1) is 15.2. The Morgan fingerprint density at radius 2 is 1.56 bits per heavy atom. The standard InChI is InChI=1S/C27H24N4.Ir/c1-20(2)17-21-9-6-7-14-25(21)22-10-8-13-24(18-22)31-19-30(23-11-4-3-5-12-23)26-27(31)29-16-15-28-26;/h3-12,14-16,18-20H,17H2,1-2H3;/q-2;. The van der Waals surface area contributed by atoms with Crippen LogP contribution >= 0.6 is 0 Å². The molecule has 4 nitrogen and oxygen atoms in total. The zero-order valence-electron chi connectivity index (χ0n) is 18.1. The van der Waals surface area contributed by atoms with Crippen molar-refractivity contribution < 1.29 is 20.1 Å². The van der Waals surface area contributed by atoms with Gasteiger partial charge in [-0.2, -0.15) is 18.2 Å². The van der Waals surface area contributed by atoms with Crippen molar-refractivity contribution in [1.29, 1.82) is 0 Å². The third-order valence-electron chi connectivity index (χ3n) is 5.38. The van der Waals surface area contributed by atoms with Crippen LogP contribution in [0.4, 0.5) is 23.0 Å². The average molecular weight is 597 g/mol. The van der Waals surface area contributed by atoms with E-state index in [2.05, 4.69) is 88.2 Å². The Morgan fingerprint density at radius 1 is 0.875 bits per heavy atom. The summed E-state index contributed by atoms with van der Waals surface area (Å²) in [7, 11) is 0. The largest absolute Gasteiger partial charge is 0.477 e. The van der Waals surface area contributed by atoms with Gasteiger partial charge in [-0.25, -0.2) is 9.97 Å². The van der Waals surface area contributed by atoms with Gasteiger partial charge in [0.25, 0.3) is 0 Å². The average Bonchev–Trinajstić information content (AvgIpc) is 3.20. The first-order valence-electron chi connectivity index (χ1n) is 10.6. The molecule has 0 spiro atoms. The molecule has 163 valence electrons. The fraction of sp³-hybridized carbons (Fsp3) is 0.148. The predicted molar refractivity (Wildman–Crippen MR) is 126 cm³/mol. The van der Waals surface area contributed by atoms with Crippen molar-refractivity contribution in [3.05, 3.63) is 103 Å². The first-order valence-corrected chi connectivity index (χ1v) is 10.6. The summed E-state index contributed by atoms with van der Waals surface area (Å²) in [6, 6.07) is 28.6. The van der Waals surface area contributed by atoms with Crippen LogP contribution in [0.1, 0.15) is 19.4 Å². The van der Waals surface area contributed by atoms with E-state index < -0.39 is 0 Å². The monoisotopic (exact) mass is 597 g/mol. The summed E-state index contributed by atoms with van der Waals surface area (Å²) in [6.07, 6.45) is 4.51. The normalized spacial score (nSPS) is 12.6. The molecule has 0 atom stereocenters. The van der Waals surface area contributed by atoms with Crippen LogP contribution in [0, 0.1) is 18.7 Å². The van der Waals surface area contributed by atoms with Gasteiger partial charge in [0.1, 0.15) is 11.6 Å². The second kappa shape index (κ2) is 9.64. The van der Waals surface area contributed by atoms with Crippen LogP contribution in [0.15, 0.2) is 85.2 Å². The molecule has 0 saturated heterocycles. The number of nitrogens with zero attached hydrogens (tertiary/aromatic N) is 4. The van der Waals surface area contributed by atoms with Gasteiger partial charge < -0.3 is 9.80 Å². The number of rotatable bonds is 5. The molecule has 1 aliphatic rings. The van der Waals surface area contributed by atoms with Crippen LogP contribution in [-0.2, 0) is 26.5 Å². The molecule has 2 heterocycles. The van der Waals surface area contributed by atoms with Crippen molar-refractivity contribution in [2.24, 2.45) is 5.92 Å². The Kier molecular flexibility index (Phi) is 6.69. The summed E-state index contributed by atoms with van der Waals surface area (Å²) >= 11 is 0. The molecule has 1 aliphatic heterocycles. The van der Waals surface area contributed by atoms with E-state index in [0.717, 1.165) is 29.4 Å². The number of anilines is 4. The Hall–Kier alpha value is -3.01. The second-order valence-corrected chi connectivity index (χ2v) is 8.11.